The van der Waals surface area contributed by atoms with Crippen molar-refractivity contribution in [3.05, 3.63) is 98.4 Å². The highest BCUT2D eigenvalue weighted by Gasteiger charge is 2.23. The third-order valence-corrected chi connectivity index (χ3v) is 11.1. The van der Waals surface area contributed by atoms with E-state index in [1.807, 2.05) is 30.3 Å². The molecule has 0 spiro atoms. The van der Waals surface area contributed by atoms with Gasteiger partial charge in [-0.25, -0.2) is 4.98 Å². The Balaban J connectivity index is 1.07. The van der Waals surface area contributed by atoms with Crippen LogP contribution in [0.3, 0.4) is 0 Å². The van der Waals surface area contributed by atoms with Crippen molar-refractivity contribution in [2.45, 2.75) is 71.3 Å². The number of nitrogens with one attached hydrogen (secondary N) is 3. The number of methoxy groups -OCH3 is 1. The molecule has 296 valence electrons. The number of hydrogen-bond acceptors (Lipinski definition) is 9. The van der Waals surface area contributed by atoms with Crippen molar-refractivity contribution < 1.29 is 23.9 Å². The van der Waals surface area contributed by atoms with E-state index in [4.69, 9.17) is 44.3 Å². The Morgan fingerprint density at radius 1 is 0.804 bits per heavy atom. The van der Waals surface area contributed by atoms with E-state index in [1.165, 1.54) is 0 Å². The van der Waals surface area contributed by atoms with Gasteiger partial charge in [0.25, 0.3) is 5.91 Å². The third kappa shape index (κ3) is 10.7. The molecule has 0 saturated carbocycles. The lowest BCUT2D eigenvalue weighted by molar-refractivity contribution is -0.120. The fraction of sp³-hybridized carbons (Fsp3) is 0.390. The number of amides is 3. The molecule has 4 heterocycles. The number of hydrogen-bond donors (Lipinski definition) is 3. The summed E-state index contributed by atoms with van der Waals surface area (Å²) >= 11 is 20.5. The van der Waals surface area contributed by atoms with Crippen LogP contribution in [0.15, 0.2) is 60.8 Å². The minimum atomic E-state index is -0.396. The minimum absolute atomic E-state index is 0.00252. The van der Waals surface area contributed by atoms with Gasteiger partial charge in [0.15, 0.2) is 0 Å². The molecule has 3 amide bonds. The summed E-state index contributed by atoms with van der Waals surface area (Å²) < 4.78 is 11.8. The maximum atomic E-state index is 13.3. The Hall–Kier alpha value is -4.46. The molecule has 0 unspecified atom stereocenters. The zero-order valence-corrected chi connectivity index (χ0v) is 33.9. The largest absolute Gasteiger partial charge is 0.486 e. The maximum absolute atomic E-state index is 13.3. The zero-order chi connectivity index (χ0) is 39.8. The van der Waals surface area contributed by atoms with Gasteiger partial charge in [0.05, 0.1) is 27.9 Å². The first kappa shape index (κ1) is 41.2. The van der Waals surface area contributed by atoms with Gasteiger partial charge in [0.1, 0.15) is 23.7 Å². The Bertz CT molecular complexity index is 2030. The van der Waals surface area contributed by atoms with E-state index in [1.54, 1.807) is 51.4 Å². The molecule has 56 heavy (non-hydrogen) atoms. The highest BCUT2D eigenvalue weighted by atomic mass is 35.5. The van der Waals surface area contributed by atoms with E-state index in [-0.39, 0.29) is 36.2 Å². The molecule has 6 rings (SSSR count). The molecule has 12 nitrogen and oxygen atoms in total. The van der Waals surface area contributed by atoms with Crippen molar-refractivity contribution in [3.8, 4) is 22.8 Å². The first-order chi connectivity index (χ1) is 27.0. The van der Waals surface area contributed by atoms with Crippen molar-refractivity contribution in [2.24, 2.45) is 0 Å². The molecule has 0 atom stereocenters. The van der Waals surface area contributed by atoms with E-state index in [0.717, 1.165) is 63.0 Å². The molecule has 2 saturated heterocycles. The van der Waals surface area contributed by atoms with Gasteiger partial charge in [0.2, 0.25) is 17.7 Å². The number of ether oxygens (including phenoxy) is 2. The van der Waals surface area contributed by atoms with Gasteiger partial charge in [-0.15, -0.1) is 0 Å². The average molecular weight is 823 g/mol. The van der Waals surface area contributed by atoms with Gasteiger partial charge < -0.3 is 25.4 Å². The molecular formula is C41H46Cl3N7O5. The second-order valence-corrected chi connectivity index (χ2v) is 15.3. The molecule has 0 radical (unpaired) electrons. The lowest BCUT2D eigenvalue weighted by Crippen LogP contribution is -2.43. The number of pyridine rings is 2. The Morgan fingerprint density at radius 2 is 1.41 bits per heavy atom. The predicted molar refractivity (Wildman–Crippen MR) is 218 cm³/mol. The highest BCUT2D eigenvalue weighted by molar-refractivity contribution is 6.39. The van der Waals surface area contributed by atoms with Crippen LogP contribution in [0.4, 0.5) is 5.69 Å². The molecule has 4 aromatic rings. The molecule has 2 aliphatic rings. The van der Waals surface area contributed by atoms with Crippen LogP contribution in [0.5, 0.6) is 11.6 Å². The first-order valence-corrected chi connectivity index (χ1v) is 19.8. The molecule has 2 aromatic carbocycles. The molecule has 2 aromatic heterocycles. The number of carbonyl (C=O) groups excluding carboxylic acids is 3. The summed E-state index contributed by atoms with van der Waals surface area (Å²) in [6.07, 6.45) is 5.26. The number of carbonyl (C=O) groups is 3. The molecule has 2 aliphatic heterocycles. The van der Waals surface area contributed by atoms with E-state index in [2.05, 4.69) is 35.7 Å². The van der Waals surface area contributed by atoms with Crippen molar-refractivity contribution in [2.75, 3.05) is 38.6 Å². The lowest BCUT2D eigenvalue weighted by Gasteiger charge is -2.32. The number of likely N-dealkylation sites (tertiary alicyclic amines) is 2. The van der Waals surface area contributed by atoms with Crippen LogP contribution in [0.2, 0.25) is 15.1 Å². The van der Waals surface area contributed by atoms with E-state index >= 15 is 0 Å². The summed E-state index contributed by atoms with van der Waals surface area (Å²) in [7, 11) is 1.57. The molecule has 15 heteroatoms. The van der Waals surface area contributed by atoms with Gasteiger partial charge in [-0.3, -0.25) is 29.2 Å². The summed E-state index contributed by atoms with van der Waals surface area (Å²) in [5.41, 5.74) is 4.24. The van der Waals surface area contributed by atoms with E-state index < -0.39 is 5.91 Å². The minimum Gasteiger partial charge on any atom is -0.486 e. The first-order valence-electron chi connectivity index (χ1n) is 18.6. The fourth-order valence-corrected chi connectivity index (χ4v) is 7.92. The normalized spacial score (nSPS) is 15.6. The SMILES string of the molecule is COc1nc(COc2cccc(-c3cccc(NC(=O)c4ccc(CN5CCC(NC(C)=O)CC5)cn4)c3Cl)c2Cl)c(Cl)cc1CN1CCC(NC(C)=O)CC1. The van der Waals surface area contributed by atoms with Crippen LogP contribution in [0, 0.1) is 0 Å². The molecule has 2 fully saturated rings. The third-order valence-electron chi connectivity index (χ3n) is 9.99. The van der Waals surface area contributed by atoms with Gasteiger partial charge in [-0.2, -0.15) is 0 Å². The smallest absolute Gasteiger partial charge is 0.274 e. The Kier molecular flexibility index (Phi) is 14.1. The fourth-order valence-electron chi connectivity index (χ4n) is 7.13. The Morgan fingerprint density at radius 3 is 2.00 bits per heavy atom. The van der Waals surface area contributed by atoms with Gasteiger partial charge >= 0.3 is 0 Å². The van der Waals surface area contributed by atoms with Crippen LogP contribution in [0.25, 0.3) is 11.1 Å². The lowest BCUT2D eigenvalue weighted by atomic mass is 10.0. The number of nitrogens with zero attached hydrogens (tertiary/aromatic N) is 4. The monoisotopic (exact) mass is 821 g/mol. The maximum Gasteiger partial charge on any atom is 0.274 e. The van der Waals surface area contributed by atoms with Gasteiger partial charge in [-0.1, -0.05) is 65.1 Å². The van der Waals surface area contributed by atoms with Crippen LogP contribution in [-0.2, 0) is 29.3 Å². The standard InChI is InChI=1S/C41H46Cl3N7O5/c1-25(52)46-29-12-16-50(17-13-29)22-27-10-11-35(45-21-27)40(54)48-34-8-4-6-31(38(34)43)32-7-5-9-37(39(32)44)56-24-36-33(42)20-28(41(49-36)55-3)23-51-18-14-30(15-19-51)47-26(2)53/h4-11,20-21,29-30H,12-19,22-24H2,1-3H3,(H,46,52)(H,47,53)(H,48,54). The predicted octanol–water partition coefficient (Wildman–Crippen LogP) is 7.14. The number of aromatic nitrogens is 2. The van der Waals surface area contributed by atoms with E-state index in [0.29, 0.717) is 62.3 Å². The average Bonchev–Trinajstić information content (AvgIpc) is 3.17. The van der Waals surface area contributed by atoms with E-state index in [9.17, 15) is 14.4 Å². The Labute approximate surface area is 342 Å². The second-order valence-electron chi connectivity index (χ2n) is 14.2. The molecule has 0 bridgehead atoms. The summed E-state index contributed by atoms with van der Waals surface area (Å²) in [5, 5.41) is 9.97. The van der Waals surface area contributed by atoms with Crippen molar-refractivity contribution in [1.82, 2.24) is 30.4 Å². The quantitative estimate of drug-likeness (QED) is 0.129. The second kappa shape index (κ2) is 19.1. The zero-order valence-electron chi connectivity index (χ0n) is 31.7. The highest BCUT2D eigenvalue weighted by Crippen LogP contribution is 2.41. The van der Waals surface area contributed by atoms with Crippen LogP contribution >= 0.6 is 34.8 Å². The summed E-state index contributed by atoms with van der Waals surface area (Å²) in [6, 6.07) is 16.6. The molecular weight excluding hydrogens is 777 g/mol. The van der Waals surface area contributed by atoms with Crippen LogP contribution in [-0.4, -0.2) is 82.9 Å². The van der Waals surface area contributed by atoms with Crippen LogP contribution < -0.4 is 25.4 Å². The van der Waals surface area contributed by atoms with Crippen molar-refractivity contribution in [1.29, 1.82) is 0 Å². The molecule has 0 aliphatic carbocycles. The van der Waals surface area contributed by atoms with Gasteiger partial charge in [0, 0.05) is 88.1 Å². The number of anilines is 1. The number of benzene rings is 2. The summed E-state index contributed by atoms with van der Waals surface area (Å²) in [4.78, 5) is 49.8. The topological polar surface area (TPSA) is 138 Å². The molecule has 3 N–H and O–H groups in total. The van der Waals surface area contributed by atoms with Crippen molar-refractivity contribution in [3.63, 3.8) is 0 Å². The number of rotatable bonds is 13. The van der Waals surface area contributed by atoms with Crippen LogP contribution in [0.1, 0.15) is 66.8 Å². The van der Waals surface area contributed by atoms with Crippen molar-refractivity contribution >= 4 is 58.2 Å². The summed E-state index contributed by atoms with van der Waals surface area (Å²) in [6.45, 7) is 7.87. The number of piperidine rings is 2. The van der Waals surface area contributed by atoms with Gasteiger partial charge in [-0.05, 0) is 55.5 Å². The summed E-state index contributed by atoms with van der Waals surface area (Å²) in [5.74, 6) is 0.464. The number of halogens is 3.